The third-order valence-electron chi connectivity index (χ3n) is 5.55. The quantitative estimate of drug-likeness (QED) is 0.738. The van der Waals surface area contributed by atoms with Crippen LogP contribution in [0.25, 0.3) is 0 Å². The van der Waals surface area contributed by atoms with Gasteiger partial charge in [0.2, 0.25) is 5.79 Å². The van der Waals surface area contributed by atoms with Crippen LogP contribution in [0.3, 0.4) is 0 Å². The minimum atomic E-state index is -1.63. The average Bonchev–Trinajstić information content (AvgIpc) is 3.04. The van der Waals surface area contributed by atoms with Crippen LogP contribution in [0.15, 0.2) is 36.4 Å². The zero-order valence-electron chi connectivity index (χ0n) is 15.6. The van der Waals surface area contributed by atoms with Gasteiger partial charge >= 0.3 is 0 Å². The highest BCUT2D eigenvalue weighted by atomic mass is 19.1. The highest BCUT2D eigenvalue weighted by molar-refractivity contribution is 5.42. The van der Waals surface area contributed by atoms with E-state index in [-0.39, 0.29) is 12.4 Å². The van der Waals surface area contributed by atoms with Crippen molar-refractivity contribution in [2.45, 2.75) is 50.2 Å². The van der Waals surface area contributed by atoms with Gasteiger partial charge < -0.3 is 29.5 Å². The Kier molecular flexibility index (Phi) is 4.89. The van der Waals surface area contributed by atoms with E-state index in [0.717, 1.165) is 5.56 Å². The molecule has 0 amide bonds. The first-order valence-electron chi connectivity index (χ1n) is 9.16. The summed E-state index contributed by atoms with van der Waals surface area (Å²) in [4.78, 5) is 0. The van der Waals surface area contributed by atoms with Crippen molar-refractivity contribution in [3.05, 3.63) is 64.5 Å². The van der Waals surface area contributed by atoms with Gasteiger partial charge in [-0.15, -0.1) is 0 Å². The fourth-order valence-electron chi connectivity index (χ4n) is 3.91. The summed E-state index contributed by atoms with van der Waals surface area (Å²) in [6, 6.07) is 10.3. The van der Waals surface area contributed by atoms with Gasteiger partial charge in [-0.1, -0.05) is 12.1 Å². The lowest BCUT2D eigenvalue weighted by molar-refractivity contribution is -0.362. The number of fused-ring (bicyclic) bond motifs is 2. The topological polar surface area (TPSA) is 88.4 Å². The van der Waals surface area contributed by atoms with E-state index in [0.29, 0.717) is 28.9 Å². The van der Waals surface area contributed by atoms with Crippen LogP contribution in [-0.4, -0.2) is 46.8 Å². The molecule has 6 nitrogen and oxygen atoms in total. The molecule has 28 heavy (non-hydrogen) atoms. The van der Waals surface area contributed by atoms with E-state index in [4.69, 9.17) is 14.2 Å². The molecular weight excluding hydrogens is 367 g/mol. The summed E-state index contributed by atoms with van der Waals surface area (Å²) in [6.07, 6.45) is -4.62. The minimum Gasteiger partial charge on any atom is -0.497 e. The lowest BCUT2D eigenvalue weighted by atomic mass is 9.86. The van der Waals surface area contributed by atoms with Crippen LogP contribution in [0, 0.1) is 5.82 Å². The van der Waals surface area contributed by atoms with Crippen LogP contribution in [0.2, 0.25) is 0 Å². The van der Waals surface area contributed by atoms with Crippen LogP contribution >= 0.6 is 0 Å². The molecule has 3 N–H and O–H groups in total. The summed E-state index contributed by atoms with van der Waals surface area (Å²) in [6.45, 7) is 1.63. The van der Waals surface area contributed by atoms with Gasteiger partial charge in [0.1, 0.15) is 29.9 Å². The molecule has 4 rings (SSSR count). The summed E-state index contributed by atoms with van der Waals surface area (Å²) >= 11 is 0. The lowest BCUT2D eigenvalue weighted by Crippen LogP contribution is -2.62. The molecule has 2 heterocycles. The third kappa shape index (κ3) is 3.00. The van der Waals surface area contributed by atoms with Crippen LogP contribution in [0.1, 0.15) is 29.2 Å². The molecule has 7 heteroatoms. The van der Waals surface area contributed by atoms with Crippen molar-refractivity contribution in [2.75, 3.05) is 7.11 Å². The van der Waals surface area contributed by atoms with Gasteiger partial charge in [0, 0.05) is 12.0 Å². The SMILES string of the molecule is COc1ccc(Cc2cc3c(cc2F)CO[C@]32O[C@H](C)[C@@H](O)[C@H](O)[C@H]2O)cc1. The van der Waals surface area contributed by atoms with Crippen molar-refractivity contribution in [1.82, 2.24) is 0 Å². The van der Waals surface area contributed by atoms with Crippen LogP contribution in [0.4, 0.5) is 4.39 Å². The number of aliphatic hydroxyl groups is 3. The number of aliphatic hydroxyl groups excluding tert-OH is 3. The number of rotatable bonds is 3. The number of methoxy groups -OCH3 is 1. The van der Waals surface area contributed by atoms with Crippen molar-refractivity contribution in [2.24, 2.45) is 0 Å². The molecule has 2 aliphatic rings. The van der Waals surface area contributed by atoms with Gasteiger partial charge in [0.25, 0.3) is 0 Å². The first-order chi connectivity index (χ1) is 13.4. The number of ether oxygens (including phenoxy) is 3. The molecule has 1 fully saturated rings. The minimum absolute atomic E-state index is 0.0433. The second-order valence-corrected chi connectivity index (χ2v) is 7.33. The maximum Gasteiger partial charge on any atom is 0.225 e. The van der Waals surface area contributed by atoms with E-state index >= 15 is 0 Å². The first kappa shape index (κ1) is 19.3. The molecule has 0 aliphatic carbocycles. The second kappa shape index (κ2) is 7.09. The first-order valence-corrected chi connectivity index (χ1v) is 9.16. The Morgan fingerprint density at radius 3 is 2.54 bits per heavy atom. The van der Waals surface area contributed by atoms with Gasteiger partial charge in [0.15, 0.2) is 0 Å². The molecule has 2 aromatic rings. The largest absolute Gasteiger partial charge is 0.497 e. The van der Waals surface area contributed by atoms with Gasteiger partial charge in [-0.25, -0.2) is 4.39 Å². The fourth-order valence-corrected chi connectivity index (χ4v) is 3.91. The summed E-state index contributed by atoms with van der Waals surface area (Å²) in [5.74, 6) is -1.30. The van der Waals surface area contributed by atoms with E-state index in [1.54, 1.807) is 32.2 Å². The zero-order valence-corrected chi connectivity index (χ0v) is 15.6. The Morgan fingerprint density at radius 1 is 1.14 bits per heavy atom. The molecule has 1 saturated heterocycles. The highest BCUT2D eigenvalue weighted by Gasteiger charge is 2.57. The summed E-state index contributed by atoms with van der Waals surface area (Å²) < 4.78 is 31.3. The van der Waals surface area contributed by atoms with Gasteiger partial charge in [-0.05, 0) is 47.9 Å². The van der Waals surface area contributed by atoms with Crippen LogP contribution in [0.5, 0.6) is 5.75 Å². The van der Waals surface area contributed by atoms with Crippen molar-refractivity contribution >= 4 is 0 Å². The normalized spacial score (nSPS) is 31.8. The number of halogens is 1. The molecule has 0 radical (unpaired) electrons. The highest BCUT2D eigenvalue weighted by Crippen LogP contribution is 2.46. The lowest BCUT2D eigenvalue weighted by Gasteiger charge is -2.45. The Hall–Kier alpha value is -2.03. The molecular formula is C21H23FO6. The van der Waals surface area contributed by atoms with E-state index in [2.05, 4.69) is 0 Å². The van der Waals surface area contributed by atoms with Crippen molar-refractivity contribution < 1.29 is 33.9 Å². The Morgan fingerprint density at radius 2 is 1.86 bits per heavy atom. The van der Waals surface area contributed by atoms with Crippen LogP contribution < -0.4 is 4.74 Å². The Labute approximate surface area is 162 Å². The van der Waals surface area contributed by atoms with E-state index in [1.807, 2.05) is 12.1 Å². The maximum atomic E-state index is 14.7. The molecule has 2 aliphatic heterocycles. The van der Waals surface area contributed by atoms with Crippen molar-refractivity contribution in [1.29, 1.82) is 0 Å². The molecule has 0 aromatic heterocycles. The monoisotopic (exact) mass is 390 g/mol. The van der Waals surface area contributed by atoms with Crippen molar-refractivity contribution in [3.8, 4) is 5.75 Å². The van der Waals surface area contributed by atoms with Gasteiger partial charge in [0.05, 0.1) is 19.8 Å². The molecule has 2 aromatic carbocycles. The van der Waals surface area contributed by atoms with E-state index < -0.39 is 30.2 Å². The molecule has 0 saturated carbocycles. The predicted octanol–water partition coefficient (Wildman–Crippen LogP) is 1.61. The number of benzene rings is 2. The zero-order chi connectivity index (χ0) is 20.1. The fraction of sp³-hybridized carbons (Fsp3) is 0.429. The Balaban J connectivity index is 1.70. The molecule has 1 spiro atoms. The number of hydrogen-bond acceptors (Lipinski definition) is 6. The maximum absolute atomic E-state index is 14.7. The van der Waals surface area contributed by atoms with E-state index in [9.17, 15) is 19.7 Å². The van der Waals surface area contributed by atoms with Crippen molar-refractivity contribution in [3.63, 3.8) is 0 Å². The van der Waals surface area contributed by atoms with Crippen LogP contribution in [-0.2, 0) is 28.3 Å². The Bertz CT molecular complexity index is 870. The summed E-state index contributed by atoms with van der Waals surface area (Å²) in [7, 11) is 1.58. The van der Waals surface area contributed by atoms with E-state index in [1.165, 1.54) is 6.07 Å². The number of hydrogen-bond donors (Lipinski definition) is 3. The third-order valence-corrected chi connectivity index (χ3v) is 5.55. The summed E-state index contributed by atoms with van der Waals surface area (Å²) in [5, 5.41) is 30.8. The summed E-state index contributed by atoms with van der Waals surface area (Å²) in [5.41, 5.74) is 2.33. The predicted molar refractivity (Wildman–Crippen MR) is 97.2 cm³/mol. The molecule has 0 bridgehead atoms. The standard InChI is InChI=1S/C21H23FO6/c1-11-18(23)19(24)20(25)21(28-11)16-8-13(17(22)9-14(16)10-27-21)7-12-3-5-15(26-2)6-4-12/h3-6,8-9,11,18-20,23-25H,7,10H2,1-2H3/t11-,18-,19+,20-,21+/m1/s1. The average molecular weight is 390 g/mol. The smallest absolute Gasteiger partial charge is 0.225 e. The van der Waals surface area contributed by atoms with Gasteiger partial charge in [-0.2, -0.15) is 0 Å². The second-order valence-electron chi connectivity index (χ2n) is 7.33. The molecule has 150 valence electrons. The van der Waals surface area contributed by atoms with Gasteiger partial charge in [-0.3, -0.25) is 0 Å². The molecule has 0 unspecified atom stereocenters. The molecule has 5 atom stereocenters.